The van der Waals surface area contributed by atoms with Crippen LogP contribution in [0.3, 0.4) is 0 Å². The molecule has 1 aliphatic heterocycles. The van der Waals surface area contributed by atoms with E-state index in [1.165, 1.54) is 18.2 Å². The minimum atomic E-state index is -0.479. The van der Waals surface area contributed by atoms with Crippen LogP contribution < -0.4 is 5.32 Å². The lowest BCUT2D eigenvalue weighted by Gasteiger charge is -1.99. The summed E-state index contributed by atoms with van der Waals surface area (Å²) in [5.41, 5.74) is 1.51. The summed E-state index contributed by atoms with van der Waals surface area (Å²) in [6.07, 6.45) is 1.52. The van der Waals surface area contributed by atoms with Gasteiger partial charge in [-0.1, -0.05) is 40.2 Å². The Morgan fingerprint density at radius 1 is 1.17 bits per heavy atom. The zero-order chi connectivity index (χ0) is 16.4. The van der Waals surface area contributed by atoms with Crippen LogP contribution >= 0.6 is 15.9 Å². The molecule has 0 unspecified atom stereocenters. The average molecular weight is 372 g/mol. The second-order valence-corrected chi connectivity index (χ2v) is 5.72. The monoisotopic (exact) mass is 371 g/mol. The number of hydrogen-bond acceptors (Lipinski definition) is 4. The van der Waals surface area contributed by atoms with Crippen LogP contribution in [0.15, 0.2) is 63.7 Å². The van der Waals surface area contributed by atoms with Crippen molar-refractivity contribution >= 4 is 39.4 Å². The first-order valence-electron chi connectivity index (χ1n) is 6.65. The molecule has 0 aliphatic carbocycles. The Kier molecular flexibility index (Phi) is 4.03. The number of carbonyl (C=O) groups excluding carboxylic acids is 1. The highest BCUT2D eigenvalue weighted by atomic mass is 79.9. The molecule has 0 aromatic heterocycles. The smallest absolute Gasteiger partial charge is 0.275 e. The van der Waals surface area contributed by atoms with E-state index in [-0.39, 0.29) is 17.3 Å². The normalized spacial score (nSPS) is 15.4. The summed E-state index contributed by atoms with van der Waals surface area (Å²) < 4.78 is 0.929. The van der Waals surface area contributed by atoms with Crippen molar-refractivity contribution in [1.29, 1.82) is 0 Å². The van der Waals surface area contributed by atoms with Gasteiger partial charge in [-0.05, 0) is 23.8 Å². The fraction of sp³-hybridized carbons (Fsp3) is 0. The maximum absolute atomic E-state index is 12.0. The summed E-state index contributed by atoms with van der Waals surface area (Å²) in [6.45, 7) is 0. The van der Waals surface area contributed by atoms with Gasteiger partial charge in [0, 0.05) is 22.2 Å². The maximum atomic E-state index is 12.0. The number of carbonyl (C=O) groups is 1. The van der Waals surface area contributed by atoms with Crippen molar-refractivity contribution in [3.8, 4) is 0 Å². The van der Waals surface area contributed by atoms with Gasteiger partial charge in [0.05, 0.1) is 4.92 Å². The number of nitro groups is 1. The van der Waals surface area contributed by atoms with Crippen LogP contribution in [0.1, 0.15) is 11.1 Å². The second-order valence-electron chi connectivity index (χ2n) is 4.80. The number of benzene rings is 2. The zero-order valence-corrected chi connectivity index (χ0v) is 13.3. The molecule has 114 valence electrons. The van der Waals surface area contributed by atoms with Gasteiger partial charge >= 0.3 is 0 Å². The molecule has 7 heteroatoms. The first-order chi connectivity index (χ1) is 11.0. The number of amidine groups is 1. The van der Waals surface area contributed by atoms with Crippen molar-refractivity contribution in [3.05, 3.63) is 79.9 Å². The third kappa shape index (κ3) is 3.35. The van der Waals surface area contributed by atoms with Crippen molar-refractivity contribution in [3.63, 3.8) is 0 Å². The summed E-state index contributed by atoms with van der Waals surface area (Å²) in [5, 5.41) is 13.5. The van der Waals surface area contributed by atoms with E-state index in [0.29, 0.717) is 11.4 Å². The number of halogens is 1. The van der Waals surface area contributed by atoms with Gasteiger partial charge in [-0.3, -0.25) is 14.9 Å². The highest BCUT2D eigenvalue weighted by molar-refractivity contribution is 9.10. The standard InChI is InChI=1S/C16H10BrN3O3/c17-12-6-4-11(5-7-12)15-18-14(16(21)19-15)9-10-2-1-3-13(8-10)20(22)23/h1-9H,(H,18,19,21)/b14-9-. The van der Waals surface area contributed by atoms with E-state index in [0.717, 1.165) is 10.0 Å². The quantitative estimate of drug-likeness (QED) is 0.510. The topological polar surface area (TPSA) is 84.6 Å². The molecule has 1 heterocycles. The van der Waals surface area contributed by atoms with Crippen LogP contribution in [0.4, 0.5) is 5.69 Å². The van der Waals surface area contributed by atoms with E-state index in [1.807, 2.05) is 24.3 Å². The number of hydrogen-bond donors (Lipinski definition) is 1. The molecule has 2 aromatic rings. The van der Waals surface area contributed by atoms with Gasteiger partial charge in [-0.2, -0.15) is 0 Å². The van der Waals surface area contributed by atoms with Gasteiger partial charge in [0.2, 0.25) is 0 Å². The molecule has 0 atom stereocenters. The third-order valence-electron chi connectivity index (χ3n) is 3.20. The molecular formula is C16H10BrN3O3. The number of amides is 1. The van der Waals surface area contributed by atoms with Gasteiger partial charge in [-0.15, -0.1) is 0 Å². The molecule has 1 aliphatic rings. The van der Waals surface area contributed by atoms with Crippen molar-refractivity contribution in [2.75, 3.05) is 0 Å². The molecule has 2 aromatic carbocycles. The Morgan fingerprint density at radius 2 is 1.91 bits per heavy atom. The van der Waals surface area contributed by atoms with E-state index >= 15 is 0 Å². The number of nitrogens with zero attached hydrogens (tertiary/aromatic N) is 2. The lowest BCUT2D eigenvalue weighted by molar-refractivity contribution is -0.384. The summed E-state index contributed by atoms with van der Waals surface area (Å²) in [7, 11) is 0. The van der Waals surface area contributed by atoms with Crippen molar-refractivity contribution in [1.82, 2.24) is 5.32 Å². The molecule has 0 saturated carbocycles. The van der Waals surface area contributed by atoms with Crippen LogP contribution in [0.25, 0.3) is 6.08 Å². The van der Waals surface area contributed by atoms with Crippen LogP contribution in [0.5, 0.6) is 0 Å². The predicted molar refractivity (Wildman–Crippen MR) is 89.9 cm³/mol. The highest BCUT2D eigenvalue weighted by Crippen LogP contribution is 2.19. The van der Waals surface area contributed by atoms with Crippen LogP contribution in [0.2, 0.25) is 0 Å². The van der Waals surface area contributed by atoms with E-state index in [1.54, 1.807) is 12.1 Å². The average Bonchev–Trinajstić information content (AvgIpc) is 2.89. The van der Waals surface area contributed by atoms with Crippen molar-refractivity contribution in [2.45, 2.75) is 0 Å². The van der Waals surface area contributed by atoms with Crippen LogP contribution in [-0.4, -0.2) is 16.7 Å². The van der Waals surface area contributed by atoms with Crippen LogP contribution in [0, 0.1) is 10.1 Å². The molecule has 6 nitrogen and oxygen atoms in total. The molecule has 0 bridgehead atoms. The fourth-order valence-corrected chi connectivity index (χ4v) is 2.36. The van der Waals surface area contributed by atoms with Gasteiger partial charge in [-0.25, -0.2) is 4.99 Å². The highest BCUT2D eigenvalue weighted by Gasteiger charge is 2.21. The molecule has 0 saturated heterocycles. The SMILES string of the molecule is O=C1NC(c2ccc(Br)cc2)=N/C1=C\c1cccc([N+](=O)[O-])c1. The van der Waals surface area contributed by atoms with Gasteiger partial charge in [0.15, 0.2) is 0 Å². The lowest BCUT2D eigenvalue weighted by Crippen LogP contribution is -2.24. The number of nitrogens with one attached hydrogen (secondary N) is 1. The first kappa shape index (κ1) is 15.1. The zero-order valence-electron chi connectivity index (χ0n) is 11.7. The minimum absolute atomic E-state index is 0.0325. The Balaban J connectivity index is 1.93. The lowest BCUT2D eigenvalue weighted by atomic mass is 10.1. The summed E-state index contributed by atoms with van der Waals surface area (Å²) in [5.74, 6) is 0.119. The van der Waals surface area contributed by atoms with E-state index in [9.17, 15) is 14.9 Å². The number of aliphatic imine (C=N–C) groups is 1. The molecule has 0 spiro atoms. The predicted octanol–water partition coefficient (Wildman–Crippen LogP) is 3.27. The van der Waals surface area contributed by atoms with Gasteiger partial charge in [0.25, 0.3) is 11.6 Å². The molecule has 23 heavy (non-hydrogen) atoms. The third-order valence-corrected chi connectivity index (χ3v) is 3.73. The second kappa shape index (κ2) is 6.13. The Bertz CT molecular complexity index is 857. The molecule has 3 rings (SSSR count). The molecule has 1 amide bonds. The molecular weight excluding hydrogens is 362 g/mol. The molecule has 0 radical (unpaired) electrons. The van der Waals surface area contributed by atoms with Crippen molar-refractivity contribution in [2.24, 2.45) is 4.99 Å². The van der Waals surface area contributed by atoms with E-state index < -0.39 is 4.92 Å². The summed E-state index contributed by atoms with van der Waals surface area (Å²) in [6, 6.07) is 13.4. The first-order valence-corrected chi connectivity index (χ1v) is 7.44. The Labute approximate surface area is 139 Å². The Morgan fingerprint density at radius 3 is 2.61 bits per heavy atom. The maximum Gasteiger partial charge on any atom is 0.275 e. The Hall–Kier alpha value is -2.80. The molecule has 1 N–H and O–H groups in total. The number of non-ortho nitro benzene ring substituents is 1. The largest absolute Gasteiger partial charge is 0.305 e. The van der Waals surface area contributed by atoms with Gasteiger partial charge < -0.3 is 5.32 Å². The number of nitro benzene ring substituents is 1. The summed E-state index contributed by atoms with van der Waals surface area (Å²) >= 11 is 3.35. The molecule has 0 fully saturated rings. The summed E-state index contributed by atoms with van der Waals surface area (Å²) in [4.78, 5) is 26.6. The fourth-order valence-electron chi connectivity index (χ4n) is 2.10. The van der Waals surface area contributed by atoms with E-state index in [4.69, 9.17) is 0 Å². The van der Waals surface area contributed by atoms with Crippen molar-refractivity contribution < 1.29 is 9.72 Å². The van der Waals surface area contributed by atoms with E-state index in [2.05, 4.69) is 26.2 Å². The van der Waals surface area contributed by atoms with Gasteiger partial charge in [0.1, 0.15) is 11.5 Å². The number of rotatable bonds is 3. The minimum Gasteiger partial charge on any atom is -0.305 e. The van der Waals surface area contributed by atoms with Crippen LogP contribution in [-0.2, 0) is 4.79 Å².